The van der Waals surface area contributed by atoms with Gasteiger partial charge in [0.2, 0.25) is 17.7 Å². The van der Waals surface area contributed by atoms with Crippen molar-refractivity contribution in [3.05, 3.63) is 83.9 Å². The Morgan fingerprint density at radius 2 is 1.53 bits per heavy atom. The summed E-state index contributed by atoms with van der Waals surface area (Å²) in [5, 5.41) is 22.3. The van der Waals surface area contributed by atoms with Crippen molar-refractivity contribution in [2.24, 2.45) is 11.8 Å². The zero-order chi connectivity index (χ0) is 32.3. The number of rotatable bonds is 14. The van der Waals surface area contributed by atoms with Crippen LogP contribution >= 0.6 is 0 Å². The number of ether oxygens (including phenoxy) is 1. The Hall–Kier alpha value is -4.93. The van der Waals surface area contributed by atoms with Gasteiger partial charge in [-0.05, 0) is 47.1 Å². The van der Waals surface area contributed by atoms with E-state index < -0.39 is 47.9 Å². The average molecular weight is 617 g/mol. The van der Waals surface area contributed by atoms with E-state index in [1.165, 1.54) is 0 Å². The second kappa shape index (κ2) is 15.7. The highest BCUT2D eigenvalue weighted by Gasteiger charge is 2.34. The van der Waals surface area contributed by atoms with Crippen molar-refractivity contribution < 1.29 is 33.8 Å². The number of alkyl carbamates (subject to hydrolysis) is 1. The highest BCUT2D eigenvalue weighted by molar-refractivity contribution is 5.94. The molecule has 4 rings (SSSR count). The van der Waals surface area contributed by atoms with E-state index in [9.17, 15) is 29.1 Å². The summed E-state index contributed by atoms with van der Waals surface area (Å²) in [5.41, 5.74) is 1.58. The average Bonchev–Trinajstić information content (AvgIpc) is 3.43. The number of aliphatic carboxylic acids is 1. The van der Waals surface area contributed by atoms with Crippen LogP contribution in [0.15, 0.2) is 72.8 Å². The predicted molar refractivity (Wildman–Crippen MR) is 168 cm³/mol. The Kier molecular flexibility index (Phi) is 11.5. The largest absolute Gasteiger partial charge is 0.480 e. The Morgan fingerprint density at radius 1 is 0.867 bits per heavy atom. The van der Waals surface area contributed by atoms with E-state index in [0.29, 0.717) is 13.0 Å². The summed E-state index contributed by atoms with van der Waals surface area (Å²) in [6.07, 6.45) is -0.0592. The molecule has 0 spiro atoms. The molecule has 4 atom stereocenters. The lowest BCUT2D eigenvalue weighted by atomic mass is 9.96. The molecule has 1 aliphatic rings. The third kappa shape index (κ3) is 9.53. The normalized spacial score (nSPS) is 16.3. The first-order chi connectivity index (χ1) is 21.6. The number of hydrogen-bond donors (Lipinski definition) is 5. The van der Waals surface area contributed by atoms with Gasteiger partial charge in [-0.3, -0.25) is 14.4 Å². The molecule has 11 heteroatoms. The molecule has 1 saturated heterocycles. The molecule has 0 saturated carbocycles. The van der Waals surface area contributed by atoms with Crippen LogP contribution in [0.4, 0.5) is 4.79 Å². The Morgan fingerprint density at radius 3 is 2.22 bits per heavy atom. The lowest BCUT2D eigenvalue weighted by molar-refractivity contribution is -0.143. The monoisotopic (exact) mass is 616 g/mol. The van der Waals surface area contributed by atoms with E-state index in [0.717, 1.165) is 21.9 Å². The van der Waals surface area contributed by atoms with Gasteiger partial charge < -0.3 is 31.1 Å². The number of hydrogen-bond acceptors (Lipinski definition) is 6. The lowest BCUT2D eigenvalue weighted by Gasteiger charge is -2.26. The summed E-state index contributed by atoms with van der Waals surface area (Å²) in [4.78, 5) is 64.2. The minimum absolute atomic E-state index is 0.00323. The lowest BCUT2D eigenvalue weighted by Crippen LogP contribution is -2.56. The molecule has 1 fully saturated rings. The number of amides is 4. The van der Waals surface area contributed by atoms with Crippen molar-refractivity contribution >= 4 is 40.6 Å². The zero-order valence-electron chi connectivity index (χ0n) is 25.5. The molecule has 0 bridgehead atoms. The van der Waals surface area contributed by atoms with E-state index in [-0.39, 0.29) is 37.7 Å². The predicted octanol–water partition coefficient (Wildman–Crippen LogP) is 3.30. The van der Waals surface area contributed by atoms with Crippen LogP contribution in [0.25, 0.3) is 10.8 Å². The quantitative estimate of drug-likeness (QED) is 0.186. The number of carboxylic acid groups (broad SMARTS) is 1. The zero-order valence-corrected chi connectivity index (χ0v) is 25.5. The Labute approximate surface area is 262 Å². The number of carbonyl (C=O) groups is 5. The molecule has 45 heavy (non-hydrogen) atoms. The minimum atomic E-state index is -1.31. The molecule has 0 aliphatic carbocycles. The van der Waals surface area contributed by atoms with E-state index in [1.807, 2.05) is 86.6 Å². The van der Waals surface area contributed by atoms with Gasteiger partial charge >= 0.3 is 12.1 Å². The molecular weight excluding hydrogens is 576 g/mol. The van der Waals surface area contributed by atoms with Gasteiger partial charge in [0.15, 0.2) is 0 Å². The van der Waals surface area contributed by atoms with Crippen LogP contribution in [0, 0.1) is 11.8 Å². The molecule has 0 aromatic heterocycles. The highest BCUT2D eigenvalue weighted by Crippen LogP contribution is 2.21. The SMILES string of the molecule is CC(C)C[C@H](NC(=O)C(Cc1cccc2ccccc12)NC(=O)OCc1ccccc1)C(=O)N[C@@H](C[C@@H]1CCNC1=O)C(=O)O. The number of fused-ring (bicyclic) bond motifs is 1. The summed E-state index contributed by atoms with van der Waals surface area (Å²) < 4.78 is 5.39. The van der Waals surface area contributed by atoms with E-state index in [2.05, 4.69) is 21.3 Å². The summed E-state index contributed by atoms with van der Waals surface area (Å²) in [6, 6.07) is 19.0. The van der Waals surface area contributed by atoms with Crippen LogP contribution in [0.3, 0.4) is 0 Å². The first-order valence-electron chi connectivity index (χ1n) is 15.2. The first-order valence-corrected chi connectivity index (χ1v) is 15.2. The van der Waals surface area contributed by atoms with Crippen molar-refractivity contribution in [1.29, 1.82) is 0 Å². The molecule has 3 aromatic rings. The molecule has 0 radical (unpaired) electrons. The maximum Gasteiger partial charge on any atom is 0.408 e. The van der Waals surface area contributed by atoms with E-state index in [4.69, 9.17) is 4.74 Å². The van der Waals surface area contributed by atoms with Crippen LogP contribution in [-0.2, 0) is 36.9 Å². The van der Waals surface area contributed by atoms with Crippen LogP contribution in [-0.4, -0.2) is 59.6 Å². The second-order valence-corrected chi connectivity index (χ2v) is 11.7. The molecule has 238 valence electrons. The van der Waals surface area contributed by atoms with Crippen molar-refractivity contribution in [2.75, 3.05) is 6.54 Å². The molecule has 1 aliphatic heterocycles. The third-order valence-corrected chi connectivity index (χ3v) is 7.76. The topological polar surface area (TPSA) is 163 Å². The van der Waals surface area contributed by atoms with E-state index in [1.54, 1.807) is 0 Å². The summed E-state index contributed by atoms with van der Waals surface area (Å²) in [5.74, 6) is -3.38. The van der Waals surface area contributed by atoms with Crippen molar-refractivity contribution in [1.82, 2.24) is 21.3 Å². The molecule has 4 amide bonds. The minimum Gasteiger partial charge on any atom is -0.480 e. The molecule has 1 unspecified atom stereocenters. The van der Waals surface area contributed by atoms with Crippen LogP contribution < -0.4 is 21.3 Å². The summed E-state index contributed by atoms with van der Waals surface area (Å²) in [7, 11) is 0. The Balaban J connectivity index is 1.52. The van der Waals surface area contributed by atoms with Gasteiger partial charge in [-0.15, -0.1) is 0 Å². The van der Waals surface area contributed by atoms with Crippen molar-refractivity contribution in [3.63, 3.8) is 0 Å². The van der Waals surface area contributed by atoms with Gasteiger partial charge in [-0.2, -0.15) is 0 Å². The van der Waals surface area contributed by atoms with Crippen molar-refractivity contribution in [3.8, 4) is 0 Å². The molecular formula is C34H40N4O7. The number of carbonyl (C=O) groups excluding carboxylic acids is 4. The summed E-state index contributed by atoms with van der Waals surface area (Å²) in [6.45, 7) is 4.20. The van der Waals surface area contributed by atoms with Crippen LogP contribution in [0.2, 0.25) is 0 Å². The first kappa shape index (κ1) is 33.0. The van der Waals surface area contributed by atoms with Gasteiger partial charge in [0.05, 0.1) is 0 Å². The fourth-order valence-corrected chi connectivity index (χ4v) is 5.43. The smallest absolute Gasteiger partial charge is 0.408 e. The highest BCUT2D eigenvalue weighted by atomic mass is 16.5. The maximum atomic E-state index is 13.8. The third-order valence-electron chi connectivity index (χ3n) is 7.76. The standard InChI is InChI=1S/C34H40N4O7/c1-21(2)17-27(31(40)37-29(33(42)43)19-25-15-16-35-30(25)39)36-32(41)28(38-34(44)45-20-22-9-4-3-5-10-22)18-24-13-8-12-23-11-6-7-14-26(23)24/h3-14,21,25,27-29H,15-20H2,1-2H3,(H,35,39)(H,36,41)(H,37,40)(H,38,44)(H,42,43)/t25-,27-,28?,29-/m0/s1. The van der Waals surface area contributed by atoms with Gasteiger partial charge in [-0.25, -0.2) is 9.59 Å². The maximum absolute atomic E-state index is 13.8. The molecule has 3 aromatic carbocycles. The number of benzene rings is 3. The molecule has 5 N–H and O–H groups in total. The fourth-order valence-electron chi connectivity index (χ4n) is 5.43. The number of nitrogens with one attached hydrogen (secondary N) is 4. The number of carboxylic acids is 1. The Bertz CT molecular complexity index is 1510. The molecule has 1 heterocycles. The van der Waals surface area contributed by atoms with Gasteiger partial charge in [0, 0.05) is 18.9 Å². The van der Waals surface area contributed by atoms with Crippen LogP contribution in [0.5, 0.6) is 0 Å². The fraction of sp³-hybridized carbons (Fsp3) is 0.382. The van der Waals surface area contributed by atoms with Gasteiger partial charge in [0.1, 0.15) is 24.7 Å². The van der Waals surface area contributed by atoms with Crippen molar-refractivity contribution in [2.45, 2.75) is 64.3 Å². The van der Waals surface area contributed by atoms with Gasteiger partial charge in [0.25, 0.3) is 0 Å². The van der Waals surface area contributed by atoms with Gasteiger partial charge in [-0.1, -0.05) is 86.6 Å². The summed E-state index contributed by atoms with van der Waals surface area (Å²) >= 11 is 0. The van der Waals surface area contributed by atoms with E-state index >= 15 is 0 Å². The van der Waals surface area contributed by atoms with Crippen LogP contribution in [0.1, 0.15) is 44.2 Å². The molecule has 11 nitrogen and oxygen atoms in total. The second-order valence-electron chi connectivity index (χ2n) is 11.7.